The molecule has 71 heavy (non-hydrogen) atoms. The van der Waals surface area contributed by atoms with Crippen molar-refractivity contribution in [3.63, 3.8) is 0 Å². The lowest BCUT2D eigenvalue weighted by Gasteiger charge is -2.14. The van der Waals surface area contributed by atoms with Crippen molar-refractivity contribution in [2.24, 2.45) is 0 Å². The standard InChI is InChI=1S/C29H35N5O2.C28H33N5O2/c1-7-19(6)34-27-13-22(21-9-10-26(17(3)4)30-14-21)12-23(25(27)16-32-34)28(35)31-15-24-20(8-2)11-18(5)33-29(24)36;1-7-19-10-18(6)32-28(35)23(19)14-30-27(34)22-11-21(20-8-9-25(16(2)3)29-13-20)12-26-24(22)15-31-33(26)17(4)5/h9-14,16-17,19H,7-8,15H2,1-6H3,(H,31,35)(H,33,36);8-13,15-17H,7,14H2,1-6H3,(H,30,34)(H,32,35). The molecule has 8 rings (SSSR count). The van der Waals surface area contributed by atoms with Gasteiger partial charge in [-0.2, -0.15) is 10.2 Å². The first kappa shape index (κ1) is 51.4. The minimum atomic E-state index is -0.242. The van der Waals surface area contributed by atoms with E-state index in [0.29, 0.717) is 34.1 Å². The first-order valence-corrected chi connectivity index (χ1v) is 24.9. The molecule has 14 nitrogen and oxygen atoms in total. The van der Waals surface area contributed by atoms with E-state index >= 15 is 0 Å². The van der Waals surface area contributed by atoms with Gasteiger partial charge in [0.25, 0.3) is 22.9 Å². The van der Waals surface area contributed by atoms with Crippen LogP contribution < -0.4 is 21.8 Å². The monoisotopic (exact) mass is 957 g/mol. The van der Waals surface area contributed by atoms with Gasteiger partial charge in [0.05, 0.1) is 34.6 Å². The highest BCUT2D eigenvalue weighted by molar-refractivity contribution is 6.09. The second kappa shape index (κ2) is 22.1. The van der Waals surface area contributed by atoms with Crippen LogP contribution in [0.3, 0.4) is 0 Å². The molecule has 1 atom stereocenters. The highest BCUT2D eigenvalue weighted by Crippen LogP contribution is 2.32. The maximum Gasteiger partial charge on any atom is 0.253 e. The zero-order valence-electron chi connectivity index (χ0n) is 43.2. The average molecular weight is 957 g/mol. The number of aryl methyl sites for hydroxylation is 4. The first-order valence-electron chi connectivity index (χ1n) is 24.9. The molecule has 1 unspecified atom stereocenters. The Balaban J connectivity index is 0.000000209. The van der Waals surface area contributed by atoms with Crippen molar-refractivity contribution in [1.29, 1.82) is 0 Å². The Morgan fingerprint density at radius 2 is 0.986 bits per heavy atom. The van der Waals surface area contributed by atoms with E-state index in [2.05, 4.69) is 114 Å². The summed E-state index contributed by atoms with van der Waals surface area (Å²) in [6.07, 6.45) is 9.58. The molecule has 0 saturated carbocycles. The minimum absolute atomic E-state index is 0.137. The van der Waals surface area contributed by atoms with Gasteiger partial charge in [-0.3, -0.25) is 38.5 Å². The molecule has 0 aliphatic heterocycles. The Labute approximate surface area is 415 Å². The van der Waals surface area contributed by atoms with E-state index in [0.717, 1.165) is 97.2 Å². The maximum absolute atomic E-state index is 13.5. The molecule has 0 fully saturated rings. The molecule has 370 valence electrons. The first-order chi connectivity index (χ1) is 33.9. The van der Waals surface area contributed by atoms with Crippen LogP contribution >= 0.6 is 0 Å². The largest absolute Gasteiger partial charge is 0.348 e. The minimum Gasteiger partial charge on any atom is -0.348 e. The van der Waals surface area contributed by atoms with Crippen molar-refractivity contribution in [2.75, 3.05) is 0 Å². The summed E-state index contributed by atoms with van der Waals surface area (Å²) in [5, 5.41) is 16.7. The van der Waals surface area contributed by atoms with Gasteiger partial charge in [0.2, 0.25) is 0 Å². The normalized spacial score (nSPS) is 11.9. The molecule has 2 aromatic carbocycles. The highest BCUT2D eigenvalue weighted by Gasteiger charge is 2.21. The number of hydrogen-bond donors (Lipinski definition) is 4. The number of nitrogens with one attached hydrogen (secondary N) is 4. The fourth-order valence-corrected chi connectivity index (χ4v) is 8.89. The lowest BCUT2D eigenvalue weighted by molar-refractivity contribution is 0.0944. The number of aromatic amines is 2. The number of H-pyrrole nitrogens is 2. The molecule has 0 aliphatic rings. The zero-order chi connectivity index (χ0) is 51.3. The fourth-order valence-electron chi connectivity index (χ4n) is 8.89. The van der Waals surface area contributed by atoms with Crippen LogP contribution in [-0.4, -0.2) is 51.3 Å². The molecule has 2 amide bonds. The molecule has 14 heteroatoms. The van der Waals surface area contributed by atoms with E-state index in [4.69, 9.17) is 0 Å². The van der Waals surface area contributed by atoms with Crippen LogP contribution in [0.2, 0.25) is 0 Å². The van der Waals surface area contributed by atoms with E-state index < -0.39 is 0 Å². The number of fused-ring (bicyclic) bond motifs is 2. The molecular weight excluding hydrogens is 889 g/mol. The van der Waals surface area contributed by atoms with Crippen molar-refractivity contribution in [3.05, 3.63) is 162 Å². The third-order valence-electron chi connectivity index (χ3n) is 13.2. The molecule has 8 aromatic rings. The van der Waals surface area contributed by atoms with Gasteiger partial charge in [-0.05, 0) is 137 Å². The van der Waals surface area contributed by atoms with Gasteiger partial charge in [0, 0.05) is 93.4 Å². The van der Waals surface area contributed by atoms with Gasteiger partial charge in [0.1, 0.15) is 0 Å². The summed E-state index contributed by atoms with van der Waals surface area (Å²) in [6, 6.07) is 20.3. The van der Waals surface area contributed by atoms with Crippen LogP contribution in [0, 0.1) is 13.8 Å². The van der Waals surface area contributed by atoms with Gasteiger partial charge in [0.15, 0.2) is 0 Å². The van der Waals surface area contributed by atoms with E-state index in [-0.39, 0.29) is 48.1 Å². The van der Waals surface area contributed by atoms with Crippen LogP contribution in [0.25, 0.3) is 44.1 Å². The summed E-state index contributed by atoms with van der Waals surface area (Å²) in [4.78, 5) is 67.0. The molecule has 4 N–H and O–H groups in total. The second-order valence-corrected chi connectivity index (χ2v) is 19.3. The summed E-state index contributed by atoms with van der Waals surface area (Å²) in [7, 11) is 0. The van der Waals surface area contributed by atoms with Gasteiger partial charge < -0.3 is 20.6 Å². The number of aromatic nitrogens is 8. The molecule has 0 radical (unpaired) electrons. The maximum atomic E-state index is 13.5. The molecule has 0 aliphatic carbocycles. The molecule has 0 bridgehead atoms. The second-order valence-electron chi connectivity index (χ2n) is 19.3. The number of rotatable bonds is 15. The number of nitrogens with zero attached hydrogens (tertiary/aromatic N) is 6. The van der Waals surface area contributed by atoms with Crippen molar-refractivity contribution < 1.29 is 9.59 Å². The fraction of sp³-hybridized carbons (Fsp3) is 0.368. The summed E-state index contributed by atoms with van der Waals surface area (Å²) in [5.41, 5.74) is 12.9. The van der Waals surface area contributed by atoms with E-state index in [1.54, 1.807) is 12.4 Å². The zero-order valence-corrected chi connectivity index (χ0v) is 43.2. The van der Waals surface area contributed by atoms with Crippen LogP contribution in [-0.2, 0) is 25.9 Å². The molecular formula is C57H68N10O4. The predicted molar refractivity (Wildman–Crippen MR) is 284 cm³/mol. The van der Waals surface area contributed by atoms with Crippen molar-refractivity contribution >= 4 is 33.6 Å². The van der Waals surface area contributed by atoms with Gasteiger partial charge in [-0.25, -0.2) is 0 Å². The molecule has 6 aromatic heterocycles. The third-order valence-corrected chi connectivity index (χ3v) is 13.2. The van der Waals surface area contributed by atoms with E-state index in [1.165, 1.54) is 0 Å². The summed E-state index contributed by atoms with van der Waals surface area (Å²) in [5.74, 6) is 0.203. The predicted octanol–water partition coefficient (Wildman–Crippen LogP) is 11.0. The smallest absolute Gasteiger partial charge is 0.253 e. The SMILES string of the molecule is CCc1cc(C)[nH]c(=O)c1CNC(=O)c1cc(-c2ccc(C(C)C)nc2)cc2c1cnn2C(C)C.CCc1cc(C)[nH]c(=O)c1CNC(=O)c1cc(-c2ccc(C(C)C)nc2)cc2c1cnn2C(C)CC. The van der Waals surface area contributed by atoms with Crippen molar-refractivity contribution in [2.45, 2.75) is 139 Å². The summed E-state index contributed by atoms with van der Waals surface area (Å²) < 4.78 is 3.90. The average Bonchev–Trinajstić information content (AvgIpc) is 4.00. The Bertz CT molecular complexity index is 3320. The summed E-state index contributed by atoms with van der Waals surface area (Å²) in [6.45, 7) is 24.9. The lowest BCUT2D eigenvalue weighted by atomic mass is 9.99. The third kappa shape index (κ3) is 11.3. The number of amides is 2. The molecule has 0 spiro atoms. The van der Waals surface area contributed by atoms with E-state index in [1.807, 2.05) is 91.9 Å². The quantitative estimate of drug-likeness (QED) is 0.0782. The van der Waals surface area contributed by atoms with Crippen LogP contribution in [0.15, 0.2) is 95.0 Å². The topological polar surface area (TPSA) is 185 Å². The van der Waals surface area contributed by atoms with Crippen LogP contribution in [0.1, 0.15) is 165 Å². The van der Waals surface area contributed by atoms with Crippen LogP contribution in [0.5, 0.6) is 0 Å². The number of carbonyl (C=O) groups excluding carboxylic acids is 2. The number of carbonyl (C=O) groups is 2. The van der Waals surface area contributed by atoms with E-state index in [9.17, 15) is 19.2 Å². The Morgan fingerprint density at radius 3 is 1.35 bits per heavy atom. The van der Waals surface area contributed by atoms with Gasteiger partial charge in [-0.1, -0.05) is 60.6 Å². The Hall–Kier alpha value is -7.48. The Kier molecular flexibility index (Phi) is 16.0. The molecule has 6 heterocycles. The van der Waals surface area contributed by atoms with Crippen LogP contribution in [0.4, 0.5) is 0 Å². The lowest BCUT2D eigenvalue weighted by Crippen LogP contribution is -2.28. The van der Waals surface area contributed by atoms with Crippen molar-refractivity contribution in [3.8, 4) is 22.3 Å². The Morgan fingerprint density at radius 1 is 0.563 bits per heavy atom. The van der Waals surface area contributed by atoms with Gasteiger partial charge in [-0.15, -0.1) is 0 Å². The number of pyridine rings is 4. The van der Waals surface area contributed by atoms with Crippen molar-refractivity contribution in [1.82, 2.24) is 50.1 Å². The van der Waals surface area contributed by atoms with Gasteiger partial charge >= 0.3 is 0 Å². The highest BCUT2D eigenvalue weighted by atomic mass is 16.2. The number of hydrogen-bond acceptors (Lipinski definition) is 8. The summed E-state index contributed by atoms with van der Waals surface area (Å²) >= 11 is 0. The molecule has 0 saturated heterocycles. The number of benzene rings is 2.